The Kier molecular flexibility index (Phi) is 5.19. The van der Waals surface area contributed by atoms with E-state index < -0.39 is 0 Å². The molecule has 4 aromatic rings. The minimum atomic E-state index is -0.0305. The highest BCUT2D eigenvalue weighted by Gasteiger charge is 2.19. The lowest BCUT2D eigenvalue weighted by Crippen LogP contribution is -2.22. The maximum Gasteiger partial charge on any atom is 0.263 e. The lowest BCUT2D eigenvalue weighted by Gasteiger charge is -2.09. The molecule has 0 unspecified atom stereocenters. The van der Waals surface area contributed by atoms with Crippen LogP contribution in [-0.2, 0) is 12.3 Å². The molecule has 28 heavy (non-hydrogen) atoms. The molecule has 0 aliphatic heterocycles. The summed E-state index contributed by atoms with van der Waals surface area (Å²) in [5.74, 6) is 1.32. The summed E-state index contributed by atoms with van der Waals surface area (Å²) >= 11 is 3.03. The lowest BCUT2D eigenvalue weighted by atomic mass is 10.1. The van der Waals surface area contributed by atoms with Gasteiger partial charge in [-0.2, -0.15) is 0 Å². The first-order valence-corrected chi connectivity index (χ1v) is 10.6. The van der Waals surface area contributed by atoms with Crippen LogP contribution in [0.3, 0.4) is 0 Å². The molecule has 0 aliphatic rings. The fourth-order valence-electron chi connectivity index (χ4n) is 3.08. The van der Waals surface area contributed by atoms with E-state index in [1.807, 2.05) is 38.1 Å². The Morgan fingerprint density at radius 3 is 2.75 bits per heavy atom. The first kappa shape index (κ1) is 18.7. The second-order valence-corrected chi connectivity index (χ2v) is 8.37. The molecule has 0 aliphatic carbocycles. The molecule has 0 fully saturated rings. The van der Waals surface area contributed by atoms with Crippen LogP contribution in [0.25, 0.3) is 20.7 Å². The summed E-state index contributed by atoms with van der Waals surface area (Å²) < 4.78 is 6.96. The zero-order valence-corrected chi connectivity index (χ0v) is 17.3. The monoisotopic (exact) mass is 409 g/mol. The van der Waals surface area contributed by atoms with Crippen LogP contribution < -0.4 is 5.56 Å². The van der Waals surface area contributed by atoms with Gasteiger partial charge in [-0.15, -0.1) is 17.9 Å². The molecule has 5 nitrogen and oxygen atoms in total. The van der Waals surface area contributed by atoms with Crippen LogP contribution in [-0.4, -0.2) is 14.7 Å². The van der Waals surface area contributed by atoms with Crippen LogP contribution in [0.5, 0.6) is 0 Å². The molecule has 1 aromatic carbocycles. The normalized spacial score (nSPS) is 11.2. The zero-order valence-electron chi connectivity index (χ0n) is 15.6. The SMILES string of the molecule is C=CCn1c(SCc2cc(C)no2)nc2sc(-c3ccccc3)c(C)c2c1=O. The Bertz CT molecular complexity index is 1210. The van der Waals surface area contributed by atoms with E-state index in [0.29, 0.717) is 22.8 Å². The molecule has 0 atom stereocenters. The van der Waals surface area contributed by atoms with Gasteiger partial charge in [-0.25, -0.2) is 4.98 Å². The number of hydrogen-bond acceptors (Lipinski definition) is 6. The summed E-state index contributed by atoms with van der Waals surface area (Å²) in [5.41, 5.74) is 2.88. The van der Waals surface area contributed by atoms with Gasteiger partial charge in [0, 0.05) is 17.5 Å². The number of thiophene rings is 1. The molecular formula is C21H19N3O2S2. The van der Waals surface area contributed by atoms with Crippen LogP contribution in [0.1, 0.15) is 17.0 Å². The zero-order chi connectivity index (χ0) is 19.7. The van der Waals surface area contributed by atoms with E-state index in [9.17, 15) is 4.79 Å². The van der Waals surface area contributed by atoms with Crippen molar-refractivity contribution >= 4 is 33.3 Å². The van der Waals surface area contributed by atoms with Gasteiger partial charge in [0.1, 0.15) is 10.6 Å². The lowest BCUT2D eigenvalue weighted by molar-refractivity contribution is 0.391. The van der Waals surface area contributed by atoms with E-state index >= 15 is 0 Å². The number of allylic oxidation sites excluding steroid dienone is 1. The fraction of sp³-hybridized carbons (Fsp3) is 0.190. The van der Waals surface area contributed by atoms with Crippen molar-refractivity contribution in [2.24, 2.45) is 0 Å². The van der Waals surface area contributed by atoms with E-state index in [2.05, 4.69) is 23.9 Å². The summed E-state index contributed by atoms with van der Waals surface area (Å²) in [4.78, 5) is 19.9. The quantitative estimate of drug-likeness (QED) is 0.249. The van der Waals surface area contributed by atoms with Crippen molar-refractivity contribution in [1.82, 2.24) is 14.7 Å². The summed E-state index contributed by atoms with van der Waals surface area (Å²) in [6.07, 6.45) is 1.72. The number of hydrogen-bond donors (Lipinski definition) is 0. The van der Waals surface area contributed by atoms with Crippen LogP contribution in [0.15, 0.2) is 63.5 Å². The largest absolute Gasteiger partial charge is 0.360 e. The van der Waals surface area contributed by atoms with Gasteiger partial charge >= 0.3 is 0 Å². The maximum atomic E-state index is 13.3. The van der Waals surface area contributed by atoms with Crippen LogP contribution in [0.4, 0.5) is 0 Å². The van der Waals surface area contributed by atoms with Gasteiger partial charge in [0.05, 0.1) is 16.8 Å². The van der Waals surface area contributed by atoms with Gasteiger partial charge < -0.3 is 4.52 Å². The number of fused-ring (bicyclic) bond motifs is 1. The Labute approximate surface area is 170 Å². The molecule has 0 N–H and O–H groups in total. The third-order valence-electron chi connectivity index (χ3n) is 4.38. The average Bonchev–Trinajstić information content (AvgIpc) is 3.26. The van der Waals surface area contributed by atoms with Gasteiger partial charge in [0.25, 0.3) is 5.56 Å². The Morgan fingerprint density at radius 2 is 2.07 bits per heavy atom. The van der Waals surface area contributed by atoms with Crippen molar-refractivity contribution in [2.75, 3.05) is 0 Å². The number of nitrogens with zero attached hydrogens (tertiary/aromatic N) is 3. The van der Waals surface area contributed by atoms with Crippen molar-refractivity contribution in [1.29, 1.82) is 0 Å². The van der Waals surface area contributed by atoms with Gasteiger partial charge in [-0.1, -0.05) is 53.3 Å². The van der Waals surface area contributed by atoms with Crippen molar-refractivity contribution in [3.8, 4) is 10.4 Å². The molecule has 0 spiro atoms. The Hall–Kier alpha value is -2.64. The number of thioether (sulfide) groups is 1. The molecule has 0 saturated carbocycles. The topological polar surface area (TPSA) is 60.9 Å². The molecule has 4 rings (SSSR count). The highest BCUT2D eigenvalue weighted by atomic mass is 32.2. The van der Waals surface area contributed by atoms with Gasteiger partial charge in [0.15, 0.2) is 5.16 Å². The summed E-state index contributed by atoms with van der Waals surface area (Å²) in [6.45, 7) is 8.08. The number of benzene rings is 1. The number of aromatic nitrogens is 3. The predicted octanol–water partition coefficient (Wildman–Crippen LogP) is 5.21. The van der Waals surface area contributed by atoms with E-state index in [1.165, 1.54) is 11.8 Å². The minimum Gasteiger partial charge on any atom is -0.360 e. The molecule has 0 amide bonds. The van der Waals surface area contributed by atoms with Gasteiger partial charge in [0.2, 0.25) is 0 Å². The smallest absolute Gasteiger partial charge is 0.263 e. The predicted molar refractivity (Wildman–Crippen MR) is 115 cm³/mol. The first-order chi connectivity index (χ1) is 13.6. The standard InChI is InChI=1S/C21H19N3O2S2/c1-4-10-24-20(25)17-14(3)18(15-8-6-5-7-9-15)28-19(17)22-21(24)27-12-16-11-13(2)23-26-16/h4-9,11H,1,10,12H2,2-3H3. The second kappa shape index (κ2) is 7.77. The van der Waals surface area contributed by atoms with Gasteiger partial charge in [-0.3, -0.25) is 9.36 Å². The number of aryl methyl sites for hydroxylation is 2. The van der Waals surface area contributed by atoms with E-state index in [1.54, 1.807) is 22.0 Å². The van der Waals surface area contributed by atoms with Crippen molar-refractivity contribution in [2.45, 2.75) is 31.3 Å². The first-order valence-electron chi connectivity index (χ1n) is 8.83. The molecule has 0 bridgehead atoms. The van der Waals surface area contributed by atoms with Crippen molar-refractivity contribution in [3.63, 3.8) is 0 Å². The fourth-order valence-corrected chi connectivity index (χ4v) is 5.19. The minimum absolute atomic E-state index is 0.0305. The molecule has 0 saturated heterocycles. The average molecular weight is 410 g/mol. The van der Waals surface area contributed by atoms with Crippen LogP contribution in [0.2, 0.25) is 0 Å². The number of rotatable bonds is 6. The van der Waals surface area contributed by atoms with Crippen molar-refractivity contribution in [3.05, 3.63) is 76.4 Å². The molecule has 7 heteroatoms. The summed E-state index contributed by atoms with van der Waals surface area (Å²) in [6, 6.07) is 12.0. The molecule has 0 radical (unpaired) electrons. The highest BCUT2D eigenvalue weighted by molar-refractivity contribution is 7.98. The highest BCUT2D eigenvalue weighted by Crippen LogP contribution is 2.36. The van der Waals surface area contributed by atoms with E-state index in [-0.39, 0.29) is 5.56 Å². The Morgan fingerprint density at radius 1 is 1.29 bits per heavy atom. The van der Waals surface area contributed by atoms with Crippen LogP contribution in [0, 0.1) is 13.8 Å². The van der Waals surface area contributed by atoms with Gasteiger partial charge in [-0.05, 0) is 25.0 Å². The molecular weight excluding hydrogens is 390 g/mol. The third kappa shape index (κ3) is 3.43. The van der Waals surface area contributed by atoms with Crippen molar-refractivity contribution < 1.29 is 4.52 Å². The maximum absolute atomic E-state index is 13.3. The summed E-state index contributed by atoms with van der Waals surface area (Å²) in [5, 5.41) is 5.26. The third-order valence-corrected chi connectivity index (χ3v) is 6.62. The second-order valence-electron chi connectivity index (χ2n) is 6.42. The van der Waals surface area contributed by atoms with E-state index in [4.69, 9.17) is 9.51 Å². The summed E-state index contributed by atoms with van der Waals surface area (Å²) in [7, 11) is 0. The molecule has 142 valence electrons. The Balaban J connectivity index is 1.82. The van der Waals surface area contributed by atoms with E-state index in [0.717, 1.165) is 32.3 Å². The molecule has 3 aromatic heterocycles. The van der Waals surface area contributed by atoms with Crippen LogP contribution >= 0.6 is 23.1 Å². The molecule has 3 heterocycles.